The van der Waals surface area contributed by atoms with Crippen LogP contribution in [-0.4, -0.2) is 9.79 Å². The van der Waals surface area contributed by atoms with E-state index in [-0.39, 0.29) is 9.90 Å². The number of rotatable bonds is 1. The van der Waals surface area contributed by atoms with Gasteiger partial charge in [0.05, 0.1) is 0 Å². The van der Waals surface area contributed by atoms with E-state index in [0.29, 0.717) is 0 Å². The van der Waals surface area contributed by atoms with Crippen LogP contribution in [-0.2, 0) is 4.57 Å². The van der Waals surface area contributed by atoms with Gasteiger partial charge in [0.1, 0.15) is 0 Å². The van der Waals surface area contributed by atoms with Crippen LogP contribution in [0, 0.1) is 0 Å². The molecule has 0 radical (unpaired) electrons. The predicted molar refractivity (Wildman–Crippen MR) is 38.0 cm³/mol. The van der Waals surface area contributed by atoms with Crippen LogP contribution < -0.4 is 0 Å². The SMILES string of the molecule is CC=CP(=O)(O)O.P. The second kappa shape index (κ2) is 4.22. The van der Waals surface area contributed by atoms with Crippen LogP contribution in [0.3, 0.4) is 0 Å². The van der Waals surface area contributed by atoms with Gasteiger partial charge in [-0.15, -0.1) is 0 Å². The topological polar surface area (TPSA) is 57.5 Å². The first kappa shape index (κ1) is 11.2. The average Bonchev–Trinajstić information content (AvgIpc) is 1.30. The Labute approximate surface area is 51.6 Å². The Hall–Kier alpha value is 0.320. The Morgan fingerprint density at radius 3 is 1.88 bits per heavy atom. The van der Waals surface area contributed by atoms with Crippen molar-refractivity contribution in [2.75, 3.05) is 0 Å². The minimum Gasteiger partial charge on any atom is -0.321 e. The van der Waals surface area contributed by atoms with Crippen molar-refractivity contribution in [3.63, 3.8) is 0 Å². The molecule has 0 aliphatic heterocycles. The lowest BCUT2D eigenvalue weighted by Gasteiger charge is -1.89. The molecule has 0 rings (SSSR count). The molecule has 2 N–H and O–H groups in total. The van der Waals surface area contributed by atoms with E-state index >= 15 is 0 Å². The van der Waals surface area contributed by atoms with Gasteiger partial charge in [0, 0.05) is 5.82 Å². The highest BCUT2D eigenvalue weighted by molar-refractivity contribution is 7.55. The molecule has 0 aromatic rings. The van der Waals surface area contributed by atoms with Gasteiger partial charge in [0.2, 0.25) is 0 Å². The molecule has 5 heteroatoms. The van der Waals surface area contributed by atoms with Crippen molar-refractivity contribution < 1.29 is 14.4 Å². The summed E-state index contributed by atoms with van der Waals surface area (Å²) in [5, 5.41) is 0. The van der Waals surface area contributed by atoms with Crippen molar-refractivity contribution in [3.05, 3.63) is 11.9 Å². The Morgan fingerprint density at radius 1 is 1.50 bits per heavy atom. The van der Waals surface area contributed by atoms with Gasteiger partial charge in [-0.05, 0) is 6.92 Å². The van der Waals surface area contributed by atoms with Gasteiger partial charge in [-0.25, -0.2) is 0 Å². The van der Waals surface area contributed by atoms with Gasteiger partial charge < -0.3 is 9.79 Å². The van der Waals surface area contributed by atoms with Crippen molar-refractivity contribution in [2.24, 2.45) is 0 Å². The lowest BCUT2D eigenvalue weighted by Crippen LogP contribution is -1.65. The molecule has 0 aromatic carbocycles. The van der Waals surface area contributed by atoms with E-state index < -0.39 is 7.60 Å². The molecular formula is C3H10O3P2. The maximum absolute atomic E-state index is 9.84. The summed E-state index contributed by atoms with van der Waals surface area (Å²) < 4.78 is 9.84. The third kappa shape index (κ3) is 9.58. The van der Waals surface area contributed by atoms with Crippen molar-refractivity contribution >= 4 is 17.5 Å². The first-order valence-electron chi connectivity index (χ1n) is 1.75. The quantitative estimate of drug-likeness (QED) is 0.551. The molecule has 50 valence electrons. The summed E-state index contributed by atoms with van der Waals surface area (Å²) in [6.45, 7) is 1.55. The second-order valence-corrected chi connectivity index (χ2v) is 2.55. The van der Waals surface area contributed by atoms with Crippen LogP contribution in [0.15, 0.2) is 11.9 Å². The minimum absolute atomic E-state index is 0. The molecular weight excluding hydrogens is 146 g/mol. The van der Waals surface area contributed by atoms with E-state index in [1.54, 1.807) is 6.92 Å². The fourth-order valence-corrected chi connectivity index (χ4v) is 0.583. The summed E-state index contributed by atoms with van der Waals surface area (Å²) in [7, 11) is -3.85. The van der Waals surface area contributed by atoms with Crippen LogP contribution in [0.25, 0.3) is 0 Å². The molecule has 8 heavy (non-hydrogen) atoms. The average molecular weight is 156 g/mol. The summed E-state index contributed by atoms with van der Waals surface area (Å²) in [5.74, 6) is 0.854. The summed E-state index contributed by atoms with van der Waals surface area (Å²) in [6.07, 6.45) is 1.32. The third-order valence-corrected chi connectivity index (χ3v) is 1.03. The van der Waals surface area contributed by atoms with Crippen LogP contribution >= 0.6 is 17.5 Å². The predicted octanol–water partition coefficient (Wildman–Crippen LogP) is 0.756. The van der Waals surface area contributed by atoms with E-state index in [4.69, 9.17) is 9.79 Å². The third-order valence-electron chi connectivity index (χ3n) is 0.343. The molecule has 1 unspecified atom stereocenters. The first-order chi connectivity index (χ1) is 3.06. The standard InChI is InChI=1S/C3H7O3P.H3P/c1-2-3-7(4,5)6;/h2-3H,1H3,(H2,4,5,6);1H3. The normalized spacial score (nSPS) is 11.4. The van der Waals surface area contributed by atoms with Gasteiger partial charge in [0.15, 0.2) is 0 Å². The lowest BCUT2D eigenvalue weighted by atomic mass is 10.8. The van der Waals surface area contributed by atoms with Crippen molar-refractivity contribution in [2.45, 2.75) is 6.92 Å². The number of hydrogen-bond donors (Lipinski definition) is 2. The smallest absolute Gasteiger partial charge is 0.321 e. The monoisotopic (exact) mass is 156 g/mol. The Kier molecular flexibility index (Phi) is 5.89. The molecule has 0 bridgehead atoms. The molecule has 0 spiro atoms. The summed E-state index contributed by atoms with van der Waals surface area (Å²) in [6, 6.07) is 0. The zero-order valence-corrected chi connectivity index (χ0v) is 6.92. The fourth-order valence-electron chi connectivity index (χ4n) is 0.194. The Morgan fingerprint density at radius 2 is 1.88 bits per heavy atom. The van der Waals surface area contributed by atoms with Crippen LogP contribution in [0.4, 0.5) is 0 Å². The molecule has 0 aliphatic rings. The van der Waals surface area contributed by atoms with E-state index in [0.717, 1.165) is 5.82 Å². The highest BCUT2D eigenvalue weighted by Crippen LogP contribution is 2.35. The zero-order chi connectivity index (χ0) is 5.91. The Bertz CT molecular complexity index is 114. The number of allylic oxidation sites excluding steroid dienone is 1. The van der Waals surface area contributed by atoms with Gasteiger partial charge in [-0.1, -0.05) is 6.08 Å². The van der Waals surface area contributed by atoms with Crippen LogP contribution in [0.2, 0.25) is 0 Å². The molecule has 3 nitrogen and oxygen atoms in total. The van der Waals surface area contributed by atoms with Crippen LogP contribution in [0.5, 0.6) is 0 Å². The molecule has 0 fully saturated rings. The second-order valence-electron chi connectivity index (χ2n) is 1.07. The molecule has 0 saturated carbocycles. The molecule has 0 heterocycles. The fraction of sp³-hybridized carbons (Fsp3) is 0.333. The van der Waals surface area contributed by atoms with E-state index in [9.17, 15) is 4.57 Å². The van der Waals surface area contributed by atoms with E-state index in [1.807, 2.05) is 0 Å². The lowest BCUT2D eigenvalue weighted by molar-refractivity contribution is 0.386. The highest BCUT2D eigenvalue weighted by atomic mass is 31.2. The zero-order valence-electron chi connectivity index (χ0n) is 4.61. The largest absolute Gasteiger partial charge is 0.348 e. The van der Waals surface area contributed by atoms with Gasteiger partial charge in [-0.2, -0.15) is 9.90 Å². The molecule has 1 atom stereocenters. The molecule has 0 aromatic heterocycles. The molecule has 0 saturated heterocycles. The van der Waals surface area contributed by atoms with Gasteiger partial charge in [0.25, 0.3) is 0 Å². The highest BCUT2D eigenvalue weighted by Gasteiger charge is 2.02. The molecule has 0 amide bonds. The van der Waals surface area contributed by atoms with Crippen molar-refractivity contribution in [1.82, 2.24) is 0 Å². The van der Waals surface area contributed by atoms with Gasteiger partial charge >= 0.3 is 7.60 Å². The summed E-state index contributed by atoms with van der Waals surface area (Å²) in [4.78, 5) is 16.1. The number of hydrogen-bond acceptors (Lipinski definition) is 1. The Balaban J connectivity index is 0. The summed E-state index contributed by atoms with van der Waals surface area (Å²) >= 11 is 0. The van der Waals surface area contributed by atoms with Crippen molar-refractivity contribution in [3.8, 4) is 0 Å². The minimum atomic E-state index is -3.85. The summed E-state index contributed by atoms with van der Waals surface area (Å²) in [5.41, 5.74) is 0. The van der Waals surface area contributed by atoms with Gasteiger partial charge in [-0.3, -0.25) is 4.57 Å². The van der Waals surface area contributed by atoms with E-state index in [2.05, 4.69) is 0 Å². The maximum Gasteiger partial charge on any atom is 0.348 e. The van der Waals surface area contributed by atoms with Crippen molar-refractivity contribution in [1.29, 1.82) is 0 Å². The van der Waals surface area contributed by atoms with Crippen LogP contribution in [0.1, 0.15) is 6.92 Å². The first-order valence-corrected chi connectivity index (χ1v) is 3.43. The molecule has 0 aliphatic carbocycles. The maximum atomic E-state index is 9.84. The van der Waals surface area contributed by atoms with E-state index in [1.165, 1.54) is 6.08 Å².